The van der Waals surface area contributed by atoms with Crippen molar-refractivity contribution in [3.63, 3.8) is 0 Å². The van der Waals surface area contributed by atoms with Gasteiger partial charge in [-0.3, -0.25) is 0 Å². The molecule has 0 unspecified atom stereocenters. The number of benzene rings is 3. The van der Waals surface area contributed by atoms with Gasteiger partial charge >= 0.3 is 0 Å². The summed E-state index contributed by atoms with van der Waals surface area (Å²) in [5, 5.41) is 25.3. The average Bonchev–Trinajstić information content (AvgIpc) is 3.61. The molecule has 0 bridgehead atoms. The summed E-state index contributed by atoms with van der Waals surface area (Å²) in [4.78, 5) is 4.06. The number of hydrogen-bond acceptors (Lipinski definition) is 9. The molecule has 2 aromatic heterocycles. The minimum Gasteiger partial charge on any atom is -0.382 e. The van der Waals surface area contributed by atoms with Gasteiger partial charge in [-0.15, -0.1) is 0 Å². The second kappa shape index (κ2) is 13.0. The third kappa shape index (κ3) is 5.76. The Morgan fingerprint density at radius 3 is 2.02 bits per heavy atom. The molecule has 0 amide bonds. The van der Waals surface area contributed by atoms with Gasteiger partial charge in [-0.25, -0.2) is 9.50 Å². The number of hydrogen-bond donors (Lipinski definition) is 1. The van der Waals surface area contributed by atoms with Gasteiger partial charge in [0, 0.05) is 0 Å². The van der Waals surface area contributed by atoms with Gasteiger partial charge in [0.1, 0.15) is 42.3 Å². The van der Waals surface area contributed by atoms with E-state index in [-0.39, 0.29) is 42.4 Å². The molecule has 10 heteroatoms. The highest BCUT2D eigenvalue weighted by Crippen LogP contribution is 2.44. The van der Waals surface area contributed by atoms with E-state index in [1.807, 2.05) is 91.0 Å². The zero-order chi connectivity index (χ0) is 30.4. The Labute approximate surface area is 254 Å². The molecule has 6 rings (SSSR count). The molecular formula is C34H30N6O4. The van der Waals surface area contributed by atoms with Crippen molar-refractivity contribution >= 4 is 11.3 Å². The predicted molar refractivity (Wildman–Crippen MR) is 160 cm³/mol. The van der Waals surface area contributed by atoms with Crippen molar-refractivity contribution in [3.05, 3.63) is 131 Å². The number of nitrogens with zero attached hydrogens (tertiary/aromatic N) is 5. The molecule has 10 nitrogen and oxygen atoms in total. The van der Waals surface area contributed by atoms with E-state index in [9.17, 15) is 10.5 Å². The molecular weight excluding hydrogens is 556 g/mol. The van der Waals surface area contributed by atoms with Crippen molar-refractivity contribution in [2.24, 2.45) is 0 Å². The molecule has 4 atom stereocenters. The molecule has 44 heavy (non-hydrogen) atoms. The third-order valence-corrected chi connectivity index (χ3v) is 7.60. The Morgan fingerprint density at radius 1 is 0.841 bits per heavy atom. The normalized spacial score (nSPS) is 21.2. The first-order valence-corrected chi connectivity index (χ1v) is 14.2. The Balaban J connectivity index is 1.41. The van der Waals surface area contributed by atoms with Gasteiger partial charge in [-0.05, 0) is 22.8 Å². The van der Waals surface area contributed by atoms with E-state index in [1.54, 1.807) is 6.07 Å². The van der Waals surface area contributed by atoms with Gasteiger partial charge in [0.25, 0.3) is 0 Å². The van der Waals surface area contributed by atoms with E-state index in [0.717, 1.165) is 16.7 Å². The van der Waals surface area contributed by atoms with E-state index in [0.29, 0.717) is 6.61 Å². The molecule has 0 aliphatic carbocycles. The summed E-state index contributed by atoms with van der Waals surface area (Å²) in [6, 6.07) is 35.3. The molecule has 220 valence electrons. The van der Waals surface area contributed by atoms with Crippen LogP contribution in [0.25, 0.3) is 5.52 Å². The van der Waals surface area contributed by atoms with Crippen molar-refractivity contribution in [1.29, 1.82) is 10.5 Å². The number of aromatic nitrogens is 3. The predicted octanol–water partition coefficient (Wildman–Crippen LogP) is 4.69. The summed E-state index contributed by atoms with van der Waals surface area (Å²) in [6.45, 7) is 0.906. The smallest absolute Gasteiger partial charge is 0.225 e. The fraction of sp³-hybridized carbons (Fsp3) is 0.235. The first-order valence-electron chi connectivity index (χ1n) is 14.2. The van der Waals surface area contributed by atoms with E-state index in [2.05, 4.69) is 22.2 Å². The molecule has 0 spiro atoms. The largest absolute Gasteiger partial charge is 0.382 e. The second-order valence-corrected chi connectivity index (χ2v) is 10.4. The van der Waals surface area contributed by atoms with Gasteiger partial charge in [-0.2, -0.15) is 15.6 Å². The second-order valence-electron chi connectivity index (χ2n) is 10.4. The molecule has 0 radical (unpaired) electrons. The molecule has 3 heterocycles. The molecule has 5 aromatic rings. The Bertz CT molecular complexity index is 1790. The number of ether oxygens (including phenoxy) is 4. The van der Waals surface area contributed by atoms with Crippen LogP contribution in [-0.2, 0) is 44.4 Å². The lowest BCUT2D eigenvalue weighted by atomic mass is 9.91. The van der Waals surface area contributed by atoms with Crippen LogP contribution in [0.1, 0.15) is 27.9 Å². The Hall–Kier alpha value is -5.10. The van der Waals surface area contributed by atoms with Crippen LogP contribution in [-0.4, -0.2) is 39.5 Å². The minimum absolute atomic E-state index is 0.107. The van der Waals surface area contributed by atoms with Crippen molar-refractivity contribution in [3.8, 4) is 12.1 Å². The van der Waals surface area contributed by atoms with Crippen LogP contribution in [0.3, 0.4) is 0 Å². The minimum atomic E-state index is -1.74. The summed E-state index contributed by atoms with van der Waals surface area (Å²) in [7, 11) is 0. The van der Waals surface area contributed by atoms with E-state index < -0.39 is 23.9 Å². The maximum atomic E-state index is 11.0. The molecule has 0 saturated carbocycles. The van der Waals surface area contributed by atoms with Gasteiger partial charge in [0.05, 0.1) is 37.7 Å². The van der Waals surface area contributed by atoms with E-state index >= 15 is 0 Å². The fourth-order valence-electron chi connectivity index (χ4n) is 5.50. The van der Waals surface area contributed by atoms with Gasteiger partial charge in [-0.1, -0.05) is 91.0 Å². The maximum absolute atomic E-state index is 11.0. The highest BCUT2D eigenvalue weighted by molar-refractivity contribution is 5.75. The number of nitrogens with two attached hydrogens (primary N) is 1. The molecule has 1 aliphatic rings. The van der Waals surface area contributed by atoms with Crippen LogP contribution < -0.4 is 5.73 Å². The molecule has 2 N–H and O–H groups in total. The van der Waals surface area contributed by atoms with Gasteiger partial charge in [0.2, 0.25) is 5.60 Å². The zero-order valence-corrected chi connectivity index (χ0v) is 23.8. The van der Waals surface area contributed by atoms with Gasteiger partial charge in [0.15, 0.2) is 5.82 Å². The molecule has 3 aromatic carbocycles. The molecule has 1 saturated heterocycles. The topological polar surface area (TPSA) is 141 Å². The molecule has 1 aliphatic heterocycles. The van der Waals surface area contributed by atoms with E-state index in [4.69, 9.17) is 24.7 Å². The van der Waals surface area contributed by atoms with Crippen molar-refractivity contribution < 1.29 is 18.9 Å². The SMILES string of the molecule is N#Cc1cc([C@]2(C#N)O[C@H](COCc3ccccc3)[C@@H](OCc3ccccc3)[C@H]2OCc2ccccc2)n2ncnc(N)c12. The quantitative estimate of drug-likeness (QED) is 0.233. The first-order chi connectivity index (χ1) is 21.6. The lowest BCUT2D eigenvalue weighted by Crippen LogP contribution is -2.44. The van der Waals surface area contributed by atoms with Crippen molar-refractivity contribution in [2.45, 2.75) is 43.7 Å². The highest BCUT2D eigenvalue weighted by Gasteiger charge is 2.60. The Kier molecular flexibility index (Phi) is 8.59. The Morgan fingerprint density at radius 2 is 1.43 bits per heavy atom. The lowest BCUT2D eigenvalue weighted by molar-refractivity contribution is -0.0971. The van der Waals surface area contributed by atoms with Crippen LogP contribution in [0, 0.1) is 22.7 Å². The summed E-state index contributed by atoms with van der Waals surface area (Å²) in [6.07, 6.45) is -1.11. The van der Waals surface area contributed by atoms with Crippen molar-refractivity contribution in [1.82, 2.24) is 14.6 Å². The van der Waals surface area contributed by atoms with Crippen LogP contribution in [0.4, 0.5) is 5.82 Å². The summed E-state index contributed by atoms with van der Waals surface area (Å²) in [5.74, 6) is 0.107. The third-order valence-electron chi connectivity index (χ3n) is 7.60. The monoisotopic (exact) mass is 586 g/mol. The van der Waals surface area contributed by atoms with Crippen molar-refractivity contribution in [2.75, 3.05) is 12.3 Å². The lowest BCUT2D eigenvalue weighted by Gasteiger charge is -2.29. The average molecular weight is 587 g/mol. The summed E-state index contributed by atoms with van der Waals surface area (Å²) < 4.78 is 27.3. The zero-order valence-electron chi connectivity index (χ0n) is 23.8. The highest BCUT2D eigenvalue weighted by atomic mass is 16.6. The number of nitrogen functional groups attached to an aromatic ring is 1. The van der Waals surface area contributed by atoms with Crippen LogP contribution in [0.2, 0.25) is 0 Å². The van der Waals surface area contributed by atoms with Crippen LogP contribution in [0.15, 0.2) is 103 Å². The fourth-order valence-corrected chi connectivity index (χ4v) is 5.50. The van der Waals surface area contributed by atoms with E-state index in [1.165, 1.54) is 10.8 Å². The molecule has 1 fully saturated rings. The maximum Gasteiger partial charge on any atom is 0.225 e. The summed E-state index contributed by atoms with van der Waals surface area (Å²) in [5.41, 5.74) is 8.07. The van der Waals surface area contributed by atoms with Gasteiger partial charge < -0.3 is 24.7 Å². The number of fused-ring (bicyclic) bond motifs is 1. The standard InChI is InChI=1S/C34H30N6O4/c35-17-27-16-29(40-30(27)33(37)38-23-39-40)34(22-36)32(43-20-26-14-8-3-9-15-26)31(42-19-25-12-6-2-7-13-25)28(44-34)21-41-18-24-10-4-1-5-11-24/h1-16,23,28,31-32H,18-21H2,(H2,37,38,39)/t28-,31-,32-,34+/m1/s1. The number of anilines is 1. The number of rotatable bonds is 11. The number of nitriles is 2. The first kappa shape index (κ1) is 29.0. The summed E-state index contributed by atoms with van der Waals surface area (Å²) >= 11 is 0. The van der Waals surface area contributed by atoms with Crippen LogP contribution in [0.5, 0.6) is 0 Å². The van der Waals surface area contributed by atoms with Crippen LogP contribution >= 0.6 is 0 Å².